The second kappa shape index (κ2) is 4.57. The molecule has 2 aromatic heterocycles. The maximum atomic E-state index is 11.4. The van der Waals surface area contributed by atoms with Crippen molar-refractivity contribution in [3.05, 3.63) is 52.6 Å². The highest BCUT2D eigenvalue weighted by atomic mass is 16.1. The molecule has 0 fully saturated rings. The molecule has 0 saturated heterocycles. The second-order valence-electron chi connectivity index (χ2n) is 3.32. The number of pyridine rings is 1. The van der Waals surface area contributed by atoms with Crippen molar-refractivity contribution in [3.63, 3.8) is 0 Å². The van der Waals surface area contributed by atoms with Crippen LogP contribution in [-0.4, -0.2) is 21.8 Å². The third-order valence-corrected chi connectivity index (χ3v) is 2.20. The molecule has 0 aliphatic carbocycles. The van der Waals surface area contributed by atoms with Crippen molar-refractivity contribution in [2.75, 3.05) is 12.4 Å². The quantitative estimate of drug-likeness (QED) is 0.821. The minimum Gasteiger partial charge on any atom is -0.373 e. The van der Waals surface area contributed by atoms with Gasteiger partial charge in [-0.1, -0.05) is 6.07 Å². The number of hydrogen-bond donors (Lipinski definition) is 1. The van der Waals surface area contributed by atoms with Crippen LogP contribution >= 0.6 is 0 Å². The van der Waals surface area contributed by atoms with Gasteiger partial charge in [0.1, 0.15) is 5.82 Å². The number of anilines is 1. The first-order valence-electron chi connectivity index (χ1n) is 4.94. The van der Waals surface area contributed by atoms with Gasteiger partial charge in [0.05, 0.1) is 6.54 Å². The summed E-state index contributed by atoms with van der Waals surface area (Å²) in [6.07, 6.45) is 3.32. The molecule has 0 radical (unpaired) electrons. The van der Waals surface area contributed by atoms with Gasteiger partial charge >= 0.3 is 0 Å². The zero-order chi connectivity index (χ0) is 11.4. The van der Waals surface area contributed by atoms with Crippen molar-refractivity contribution in [1.82, 2.24) is 14.8 Å². The zero-order valence-corrected chi connectivity index (χ0v) is 8.92. The fraction of sp³-hybridized carbons (Fsp3) is 0.182. The Morgan fingerprint density at radius 2 is 2.25 bits per heavy atom. The summed E-state index contributed by atoms with van der Waals surface area (Å²) >= 11 is 0. The molecule has 0 amide bonds. The Labute approximate surface area is 92.8 Å². The highest BCUT2D eigenvalue weighted by Gasteiger charge is 1.98. The van der Waals surface area contributed by atoms with Crippen LogP contribution < -0.4 is 10.9 Å². The molecule has 5 nitrogen and oxygen atoms in total. The number of rotatable bonds is 3. The van der Waals surface area contributed by atoms with Crippen molar-refractivity contribution >= 4 is 5.82 Å². The van der Waals surface area contributed by atoms with Gasteiger partial charge in [-0.25, -0.2) is 9.67 Å². The Kier molecular flexibility index (Phi) is 2.95. The minimum absolute atomic E-state index is 0.111. The maximum absolute atomic E-state index is 11.4. The molecular formula is C11H12N4O. The second-order valence-corrected chi connectivity index (χ2v) is 3.32. The van der Waals surface area contributed by atoms with Gasteiger partial charge < -0.3 is 5.32 Å². The average Bonchev–Trinajstić information content (AvgIpc) is 2.33. The van der Waals surface area contributed by atoms with Gasteiger partial charge in [0.25, 0.3) is 5.56 Å². The summed E-state index contributed by atoms with van der Waals surface area (Å²) < 4.78 is 1.40. The smallest absolute Gasteiger partial charge is 0.267 e. The molecule has 0 bridgehead atoms. The first-order chi connectivity index (χ1) is 7.79. The predicted molar refractivity (Wildman–Crippen MR) is 61.4 cm³/mol. The Hall–Kier alpha value is -2.17. The van der Waals surface area contributed by atoms with Crippen molar-refractivity contribution in [3.8, 4) is 0 Å². The normalized spacial score (nSPS) is 10.1. The lowest BCUT2D eigenvalue weighted by Crippen LogP contribution is -2.21. The Morgan fingerprint density at radius 3 is 2.88 bits per heavy atom. The third-order valence-electron chi connectivity index (χ3n) is 2.20. The van der Waals surface area contributed by atoms with Gasteiger partial charge in [-0.2, -0.15) is 5.10 Å². The van der Waals surface area contributed by atoms with E-state index < -0.39 is 0 Å². The average molecular weight is 216 g/mol. The van der Waals surface area contributed by atoms with E-state index >= 15 is 0 Å². The van der Waals surface area contributed by atoms with E-state index in [2.05, 4.69) is 15.4 Å². The van der Waals surface area contributed by atoms with Crippen LogP contribution in [0.3, 0.4) is 0 Å². The Bertz CT molecular complexity index is 518. The standard InChI is InChI=1S/C11H12N4O/c1-12-10-5-4-9(7-13-10)8-15-11(16)3-2-6-14-15/h2-7H,8H2,1H3,(H,12,13). The molecule has 0 saturated carbocycles. The van der Waals surface area contributed by atoms with Crippen LogP contribution in [0, 0.1) is 0 Å². The number of nitrogens with zero attached hydrogens (tertiary/aromatic N) is 3. The van der Waals surface area contributed by atoms with Crippen LogP contribution in [0.5, 0.6) is 0 Å². The monoisotopic (exact) mass is 216 g/mol. The van der Waals surface area contributed by atoms with E-state index in [4.69, 9.17) is 0 Å². The lowest BCUT2D eigenvalue weighted by atomic mass is 10.3. The van der Waals surface area contributed by atoms with Gasteiger partial charge in [-0.3, -0.25) is 4.79 Å². The SMILES string of the molecule is CNc1ccc(Cn2ncccc2=O)cn1. The van der Waals surface area contributed by atoms with Gasteiger partial charge in [0.15, 0.2) is 0 Å². The van der Waals surface area contributed by atoms with Crippen LogP contribution in [0.15, 0.2) is 41.5 Å². The van der Waals surface area contributed by atoms with Crippen molar-refractivity contribution < 1.29 is 0 Å². The summed E-state index contributed by atoms with van der Waals surface area (Å²) in [5, 5.41) is 6.91. The summed E-state index contributed by atoms with van der Waals surface area (Å²) in [6.45, 7) is 0.441. The van der Waals surface area contributed by atoms with Crippen LogP contribution in [0.25, 0.3) is 0 Å². The van der Waals surface area contributed by atoms with Crippen LogP contribution in [0.4, 0.5) is 5.82 Å². The molecule has 82 valence electrons. The van der Waals surface area contributed by atoms with E-state index in [1.807, 2.05) is 19.2 Å². The minimum atomic E-state index is -0.111. The number of aromatic nitrogens is 3. The molecule has 0 atom stereocenters. The molecule has 0 spiro atoms. The molecular weight excluding hydrogens is 204 g/mol. The fourth-order valence-electron chi connectivity index (χ4n) is 1.34. The van der Waals surface area contributed by atoms with Crippen molar-refractivity contribution in [2.24, 2.45) is 0 Å². The highest BCUT2D eigenvalue weighted by Crippen LogP contribution is 2.04. The largest absolute Gasteiger partial charge is 0.373 e. The molecule has 2 heterocycles. The number of nitrogens with one attached hydrogen (secondary N) is 1. The molecule has 16 heavy (non-hydrogen) atoms. The lowest BCUT2D eigenvalue weighted by Gasteiger charge is -2.04. The Morgan fingerprint density at radius 1 is 1.38 bits per heavy atom. The molecule has 0 aromatic carbocycles. The lowest BCUT2D eigenvalue weighted by molar-refractivity contribution is 0.637. The summed E-state index contributed by atoms with van der Waals surface area (Å²) in [5.74, 6) is 0.803. The van der Waals surface area contributed by atoms with Gasteiger partial charge in [-0.05, 0) is 17.7 Å². The topological polar surface area (TPSA) is 59.8 Å². The van der Waals surface area contributed by atoms with E-state index in [1.165, 1.54) is 10.7 Å². The van der Waals surface area contributed by atoms with Crippen molar-refractivity contribution in [2.45, 2.75) is 6.54 Å². The van der Waals surface area contributed by atoms with E-state index in [0.717, 1.165) is 11.4 Å². The number of hydrogen-bond acceptors (Lipinski definition) is 4. The summed E-state index contributed by atoms with van der Waals surface area (Å²) in [6, 6.07) is 6.90. The van der Waals surface area contributed by atoms with E-state index in [9.17, 15) is 4.79 Å². The van der Waals surface area contributed by atoms with E-state index in [1.54, 1.807) is 18.5 Å². The summed E-state index contributed by atoms with van der Waals surface area (Å²) in [4.78, 5) is 15.6. The first-order valence-corrected chi connectivity index (χ1v) is 4.94. The predicted octanol–water partition coefficient (Wildman–Crippen LogP) is 0.728. The molecule has 2 aromatic rings. The molecule has 1 N–H and O–H groups in total. The van der Waals surface area contributed by atoms with E-state index in [-0.39, 0.29) is 5.56 Å². The van der Waals surface area contributed by atoms with Crippen LogP contribution in [0.2, 0.25) is 0 Å². The summed E-state index contributed by atoms with van der Waals surface area (Å²) in [7, 11) is 1.81. The van der Waals surface area contributed by atoms with Gasteiger partial charge in [0.2, 0.25) is 0 Å². The highest BCUT2D eigenvalue weighted by molar-refractivity contribution is 5.34. The maximum Gasteiger partial charge on any atom is 0.267 e. The molecule has 5 heteroatoms. The molecule has 0 aliphatic heterocycles. The summed E-state index contributed by atoms with van der Waals surface area (Å²) in [5.41, 5.74) is 0.833. The molecule has 0 unspecified atom stereocenters. The van der Waals surface area contributed by atoms with Crippen LogP contribution in [0.1, 0.15) is 5.56 Å². The van der Waals surface area contributed by atoms with Gasteiger partial charge in [0, 0.05) is 25.5 Å². The molecule has 0 aliphatic rings. The molecule has 2 rings (SSSR count). The fourth-order valence-corrected chi connectivity index (χ4v) is 1.34. The Balaban J connectivity index is 2.21. The van der Waals surface area contributed by atoms with Crippen molar-refractivity contribution in [1.29, 1.82) is 0 Å². The zero-order valence-electron chi connectivity index (χ0n) is 8.92. The first kappa shape index (κ1) is 10.4. The van der Waals surface area contributed by atoms with E-state index in [0.29, 0.717) is 6.54 Å². The van der Waals surface area contributed by atoms with Gasteiger partial charge in [-0.15, -0.1) is 0 Å². The van der Waals surface area contributed by atoms with Crippen LogP contribution in [-0.2, 0) is 6.54 Å². The third kappa shape index (κ3) is 2.25.